The van der Waals surface area contributed by atoms with Gasteiger partial charge in [-0.05, 0) is 51.0 Å². The van der Waals surface area contributed by atoms with Crippen LogP contribution in [-0.4, -0.2) is 35.7 Å². The standard InChI is InChI=1S/C23H29FN2OS/c1-16(2)25(14-20-13-17(3)5-6-18(20)4)15-22(27)26-11-12-28-23(26)19-7-9-21(24)10-8-19/h5-10,13,16,23H,11-12,14-15H2,1-4H3/p+1/t23-/m1/s1. The Morgan fingerprint density at radius 3 is 2.61 bits per heavy atom. The molecule has 0 saturated carbocycles. The van der Waals surface area contributed by atoms with E-state index in [0.717, 1.165) is 24.4 Å². The van der Waals surface area contributed by atoms with E-state index in [1.165, 1.54) is 33.7 Å². The second kappa shape index (κ2) is 9.10. The van der Waals surface area contributed by atoms with Crippen LogP contribution in [0.3, 0.4) is 0 Å². The second-order valence-corrected chi connectivity index (χ2v) is 9.15. The van der Waals surface area contributed by atoms with Crippen molar-refractivity contribution in [3.63, 3.8) is 0 Å². The molecule has 0 bridgehead atoms. The zero-order valence-corrected chi connectivity index (χ0v) is 18.0. The van der Waals surface area contributed by atoms with Crippen LogP contribution >= 0.6 is 11.8 Å². The van der Waals surface area contributed by atoms with Gasteiger partial charge in [-0.25, -0.2) is 4.39 Å². The summed E-state index contributed by atoms with van der Waals surface area (Å²) in [6.07, 6.45) is 0. The highest BCUT2D eigenvalue weighted by molar-refractivity contribution is 7.99. The van der Waals surface area contributed by atoms with Crippen molar-refractivity contribution in [3.8, 4) is 0 Å². The summed E-state index contributed by atoms with van der Waals surface area (Å²) < 4.78 is 13.3. The Kier molecular flexibility index (Phi) is 6.78. The van der Waals surface area contributed by atoms with Crippen molar-refractivity contribution in [1.29, 1.82) is 0 Å². The van der Waals surface area contributed by atoms with Gasteiger partial charge in [0.25, 0.3) is 5.91 Å². The summed E-state index contributed by atoms with van der Waals surface area (Å²) in [6, 6.07) is 13.4. The minimum atomic E-state index is -0.242. The smallest absolute Gasteiger partial charge is 0.278 e. The van der Waals surface area contributed by atoms with E-state index < -0.39 is 0 Å². The Morgan fingerprint density at radius 1 is 1.21 bits per heavy atom. The van der Waals surface area contributed by atoms with Gasteiger partial charge in [0.2, 0.25) is 0 Å². The fourth-order valence-corrected chi connectivity index (χ4v) is 4.91. The van der Waals surface area contributed by atoms with Crippen molar-refractivity contribution < 1.29 is 14.1 Å². The molecule has 1 aliphatic heterocycles. The van der Waals surface area contributed by atoms with Gasteiger partial charge >= 0.3 is 0 Å². The number of hydrogen-bond donors (Lipinski definition) is 1. The van der Waals surface area contributed by atoms with Gasteiger partial charge in [0.15, 0.2) is 6.54 Å². The van der Waals surface area contributed by atoms with Gasteiger partial charge in [0.1, 0.15) is 17.7 Å². The predicted octanol–water partition coefficient (Wildman–Crippen LogP) is 3.51. The number of carbonyl (C=O) groups excluding carboxylic acids is 1. The maximum atomic E-state index is 13.3. The first kappa shape index (κ1) is 20.9. The lowest BCUT2D eigenvalue weighted by molar-refractivity contribution is -0.927. The maximum Gasteiger partial charge on any atom is 0.278 e. The number of thioether (sulfide) groups is 1. The normalized spacial score (nSPS) is 17.9. The van der Waals surface area contributed by atoms with Gasteiger partial charge in [0, 0.05) is 17.9 Å². The highest BCUT2D eigenvalue weighted by Gasteiger charge is 2.33. The van der Waals surface area contributed by atoms with Crippen molar-refractivity contribution in [2.45, 2.75) is 45.7 Å². The van der Waals surface area contributed by atoms with Crippen LogP contribution in [0.2, 0.25) is 0 Å². The van der Waals surface area contributed by atoms with E-state index in [2.05, 4.69) is 45.9 Å². The zero-order chi connectivity index (χ0) is 20.3. The van der Waals surface area contributed by atoms with E-state index >= 15 is 0 Å². The minimum absolute atomic E-state index is 0.0118. The Bertz CT molecular complexity index is 822. The highest BCUT2D eigenvalue weighted by Crippen LogP contribution is 2.37. The van der Waals surface area contributed by atoms with Gasteiger partial charge in [-0.15, -0.1) is 11.8 Å². The highest BCUT2D eigenvalue weighted by atomic mass is 32.2. The molecule has 1 heterocycles. The molecule has 28 heavy (non-hydrogen) atoms. The molecule has 0 aliphatic carbocycles. The van der Waals surface area contributed by atoms with Crippen LogP contribution in [0.4, 0.5) is 4.39 Å². The number of amides is 1. The van der Waals surface area contributed by atoms with E-state index in [-0.39, 0.29) is 17.1 Å². The topological polar surface area (TPSA) is 24.8 Å². The Balaban J connectivity index is 1.72. The third kappa shape index (κ3) is 4.95. The quantitative estimate of drug-likeness (QED) is 0.801. The van der Waals surface area contributed by atoms with E-state index in [1.807, 2.05) is 4.90 Å². The van der Waals surface area contributed by atoms with Crippen LogP contribution in [0.1, 0.15) is 41.5 Å². The number of carbonyl (C=O) groups is 1. The van der Waals surface area contributed by atoms with E-state index in [9.17, 15) is 9.18 Å². The second-order valence-electron chi connectivity index (χ2n) is 7.96. The van der Waals surface area contributed by atoms with Crippen molar-refractivity contribution in [2.24, 2.45) is 0 Å². The number of halogens is 1. The molecular formula is C23H30FN2OS+. The Hall–Kier alpha value is -1.85. The molecule has 0 radical (unpaired) electrons. The van der Waals surface area contributed by atoms with Crippen molar-refractivity contribution >= 4 is 17.7 Å². The van der Waals surface area contributed by atoms with E-state index in [1.54, 1.807) is 23.9 Å². The number of benzene rings is 2. The summed E-state index contributed by atoms with van der Waals surface area (Å²) in [5.41, 5.74) is 4.83. The lowest BCUT2D eigenvalue weighted by Crippen LogP contribution is -3.14. The first-order valence-corrected chi connectivity index (χ1v) is 11.0. The summed E-state index contributed by atoms with van der Waals surface area (Å²) in [6.45, 7) is 10.7. The Morgan fingerprint density at radius 2 is 1.93 bits per heavy atom. The molecule has 0 aromatic heterocycles. The number of nitrogens with zero attached hydrogens (tertiary/aromatic N) is 1. The third-order valence-corrected chi connectivity index (χ3v) is 6.74. The molecule has 5 heteroatoms. The first-order chi connectivity index (χ1) is 13.3. The number of quaternary nitrogens is 1. The SMILES string of the molecule is Cc1ccc(C)c(C[NH+](CC(=O)N2CCS[C@@H]2c2ccc(F)cc2)C(C)C)c1. The molecule has 3 rings (SSSR count). The summed E-state index contributed by atoms with van der Waals surface area (Å²) >= 11 is 1.76. The molecule has 150 valence electrons. The number of nitrogens with one attached hydrogen (secondary N) is 1. The summed E-state index contributed by atoms with van der Waals surface area (Å²) in [4.78, 5) is 16.4. The minimum Gasteiger partial charge on any atom is -0.321 e. The van der Waals surface area contributed by atoms with Crippen LogP contribution in [0.15, 0.2) is 42.5 Å². The molecule has 3 nitrogen and oxygen atoms in total. The predicted molar refractivity (Wildman–Crippen MR) is 114 cm³/mol. The van der Waals surface area contributed by atoms with Gasteiger partial charge < -0.3 is 9.80 Å². The van der Waals surface area contributed by atoms with Crippen LogP contribution < -0.4 is 4.90 Å². The maximum absolute atomic E-state index is 13.3. The Labute approximate surface area is 171 Å². The summed E-state index contributed by atoms with van der Waals surface area (Å²) in [7, 11) is 0. The molecule has 1 aliphatic rings. The molecule has 1 N–H and O–H groups in total. The molecule has 2 aromatic carbocycles. The first-order valence-electron chi connectivity index (χ1n) is 9.92. The molecule has 0 spiro atoms. The van der Waals surface area contributed by atoms with Gasteiger partial charge in [-0.2, -0.15) is 0 Å². The zero-order valence-electron chi connectivity index (χ0n) is 17.2. The molecule has 1 saturated heterocycles. The van der Waals surface area contributed by atoms with E-state index in [0.29, 0.717) is 12.6 Å². The number of hydrogen-bond acceptors (Lipinski definition) is 2. The monoisotopic (exact) mass is 401 g/mol. The molecule has 2 aromatic rings. The van der Waals surface area contributed by atoms with Gasteiger partial charge in [-0.1, -0.05) is 35.9 Å². The molecular weight excluding hydrogens is 371 g/mol. The van der Waals surface area contributed by atoms with Crippen LogP contribution in [0.25, 0.3) is 0 Å². The molecule has 1 amide bonds. The van der Waals surface area contributed by atoms with Crippen molar-refractivity contribution in [1.82, 2.24) is 4.90 Å². The number of aryl methyl sites for hydroxylation is 2. The average molecular weight is 402 g/mol. The largest absolute Gasteiger partial charge is 0.321 e. The summed E-state index contributed by atoms with van der Waals surface area (Å²) in [5.74, 6) is 0.851. The van der Waals surface area contributed by atoms with Gasteiger partial charge in [-0.3, -0.25) is 4.79 Å². The average Bonchev–Trinajstić information content (AvgIpc) is 3.14. The van der Waals surface area contributed by atoms with Gasteiger partial charge in [0.05, 0.1) is 6.04 Å². The lowest BCUT2D eigenvalue weighted by Gasteiger charge is -2.29. The fraction of sp³-hybridized carbons (Fsp3) is 0.435. The van der Waals surface area contributed by atoms with Crippen LogP contribution in [-0.2, 0) is 11.3 Å². The molecule has 1 unspecified atom stereocenters. The molecule has 2 atom stereocenters. The summed E-state index contributed by atoms with van der Waals surface area (Å²) in [5, 5.41) is -0.0118. The number of rotatable bonds is 6. The lowest BCUT2D eigenvalue weighted by atomic mass is 10.0. The fourth-order valence-electron chi connectivity index (χ4n) is 3.63. The van der Waals surface area contributed by atoms with E-state index in [4.69, 9.17) is 0 Å². The van der Waals surface area contributed by atoms with Crippen LogP contribution in [0.5, 0.6) is 0 Å². The molecule has 1 fully saturated rings. The third-order valence-electron chi connectivity index (χ3n) is 5.48. The van der Waals surface area contributed by atoms with Crippen LogP contribution in [0, 0.1) is 19.7 Å². The van der Waals surface area contributed by atoms with Crippen molar-refractivity contribution in [2.75, 3.05) is 18.8 Å². The van der Waals surface area contributed by atoms with Crippen molar-refractivity contribution in [3.05, 3.63) is 70.5 Å².